The third-order valence-electron chi connectivity index (χ3n) is 2.80. The van der Waals surface area contributed by atoms with E-state index in [1.807, 2.05) is 6.92 Å². The lowest BCUT2D eigenvalue weighted by Crippen LogP contribution is -2.22. The zero-order chi connectivity index (χ0) is 9.36. The first kappa shape index (κ1) is 10.6. The summed E-state index contributed by atoms with van der Waals surface area (Å²) in [7, 11) is 0. The molecule has 1 saturated carbocycles. The van der Waals surface area contributed by atoms with E-state index in [2.05, 4.69) is 17.2 Å². The van der Waals surface area contributed by atoms with Gasteiger partial charge >= 0.3 is 0 Å². The maximum absolute atomic E-state index is 3.41. The smallest absolute Gasteiger partial charge is 0.0576 e. The molecule has 0 amide bonds. The minimum Gasteiger partial charge on any atom is -0.306 e. The molecule has 0 aromatic rings. The predicted molar refractivity (Wildman–Crippen MR) is 57.5 cm³/mol. The Morgan fingerprint density at radius 3 is 2.46 bits per heavy atom. The first-order chi connectivity index (χ1) is 6.43. The highest BCUT2D eigenvalue weighted by Crippen LogP contribution is 2.21. The summed E-state index contributed by atoms with van der Waals surface area (Å²) < 4.78 is 0. The second-order valence-electron chi connectivity index (χ2n) is 3.92. The van der Waals surface area contributed by atoms with Crippen LogP contribution in [0, 0.1) is 17.8 Å². The van der Waals surface area contributed by atoms with Crippen LogP contribution in [-0.4, -0.2) is 13.1 Å². The third-order valence-corrected chi connectivity index (χ3v) is 2.80. The second-order valence-corrected chi connectivity index (χ2v) is 3.92. The van der Waals surface area contributed by atoms with Gasteiger partial charge < -0.3 is 5.32 Å². The first-order valence-corrected chi connectivity index (χ1v) is 5.54. The largest absolute Gasteiger partial charge is 0.306 e. The Labute approximate surface area is 82.3 Å². The van der Waals surface area contributed by atoms with Gasteiger partial charge in [0.1, 0.15) is 0 Å². The normalized spacial score (nSPS) is 18.8. The highest BCUT2D eigenvalue weighted by Gasteiger charge is 2.10. The molecule has 0 atom stereocenters. The van der Waals surface area contributed by atoms with Crippen LogP contribution in [0.4, 0.5) is 0 Å². The van der Waals surface area contributed by atoms with Gasteiger partial charge in [-0.25, -0.2) is 0 Å². The van der Waals surface area contributed by atoms with E-state index >= 15 is 0 Å². The van der Waals surface area contributed by atoms with Crippen molar-refractivity contribution in [1.82, 2.24) is 5.32 Å². The van der Waals surface area contributed by atoms with E-state index in [-0.39, 0.29) is 0 Å². The molecule has 0 unspecified atom stereocenters. The lowest BCUT2D eigenvalue weighted by Gasteiger charge is -2.13. The molecule has 0 spiro atoms. The molecular formula is C12H21N. The van der Waals surface area contributed by atoms with Crippen LogP contribution in [0.2, 0.25) is 0 Å². The number of hydrogen-bond donors (Lipinski definition) is 1. The standard InChI is InChI=1S/C12H21N/c1-2-3-10-13-11-12-8-6-4-5-7-9-12/h12-13H,4-11H2,1H3. The first-order valence-electron chi connectivity index (χ1n) is 5.54. The molecule has 1 aliphatic rings. The summed E-state index contributed by atoms with van der Waals surface area (Å²) >= 11 is 0. The van der Waals surface area contributed by atoms with Crippen molar-refractivity contribution >= 4 is 0 Å². The van der Waals surface area contributed by atoms with Gasteiger partial charge in [0.25, 0.3) is 0 Å². The van der Waals surface area contributed by atoms with Crippen molar-refractivity contribution in [2.24, 2.45) is 5.92 Å². The van der Waals surface area contributed by atoms with E-state index in [0.717, 1.165) is 12.5 Å². The van der Waals surface area contributed by atoms with Crippen molar-refractivity contribution in [2.45, 2.75) is 45.4 Å². The molecular weight excluding hydrogens is 158 g/mol. The van der Waals surface area contributed by atoms with Gasteiger partial charge in [0.05, 0.1) is 6.54 Å². The van der Waals surface area contributed by atoms with E-state index in [4.69, 9.17) is 0 Å². The maximum Gasteiger partial charge on any atom is 0.0576 e. The van der Waals surface area contributed by atoms with Gasteiger partial charge in [0, 0.05) is 0 Å². The Bertz CT molecular complexity index is 167. The van der Waals surface area contributed by atoms with Crippen LogP contribution in [0.3, 0.4) is 0 Å². The van der Waals surface area contributed by atoms with Crippen LogP contribution in [0.5, 0.6) is 0 Å². The van der Waals surface area contributed by atoms with E-state index < -0.39 is 0 Å². The van der Waals surface area contributed by atoms with Crippen molar-refractivity contribution < 1.29 is 0 Å². The average Bonchev–Trinajstić information content (AvgIpc) is 2.41. The molecule has 0 aromatic heterocycles. The molecule has 1 heteroatoms. The molecule has 1 aliphatic carbocycles. The van der Waals surface area contributed by atoms with E-state index in [1.165, 1.54) is 45.1 Å². The summed E-state index contributed by atoms with van der Waals surface area (Å²) in [6, 6.07) is 0. The minimum absolute atomic E-state index is 0.868. The second kappa shape index (κ2) is 6.97. The van der Waals surface area contributed by atoms with E-state index in [0.29, 0.717) is 0 Å². The summed E-state index contributed by atoms with van der Waals surface area (Å²) in [5.74, 6) is 6.87. The van der Waals surface area contributed by atoms with Gasteiger partial charge in [0.2, 0.25) is 0 Å². The Morgan fingerprint density at radius 1 is 1.15 bits per heavy atom. The molecule has 0 aromatic carbocycles. The zero-order valence-corrected chi connectivity index (χ0v) is 8.73. The van der Waals surface area contributed by atoms with Crippen molar-refractivity contribution in [1.29, 1.82) is 0 Å². The molecule has 0 heterocycles. The van der Waals surface area contributed by atoms with Gasteiger partial charge in [-0.15, -0.1) is 5.92 Å². The molecule has 1 fully saturated rings. The molecule has 74 valence electrons. The molecule has 0 bridgehead atoms. The molecule has 0 radical (unpaired) electrons. The number of hydrogen-bond acceptors (Lipinski definition) is 1. The summed E-state index contributed by atoms with van der Waals surface area (Å²) in [5.41, 5.74) is 0. The zero-order valence-electron chi connectivity index (χ0n) is 8.73. The molecule has 13 heavy (non-hydrogen) atoms. The lowest BCUT2D eigenvalue weighted by molar-refractivity contribution is 0.436. The highest BCUT2D eigenvalue weighted by molar-refractivity contribution is 4.96. The summed E-state index contributed by atoms with van der Waals surface area (Å²) in [6.07, 6.45) is 8.62. The quantitative estimate of drug-likeness (QED) is 0.399. The molecule has 0 aliphatic heterocycles. The van der Waals surface area contributed by atoms with Gasteiger partial charge in [-0.3, -0.25) is 0 Å². The minimum atomic E-state index is 0.868. The predicted octanol–water partition coefficient (Wildman–Crippen LogP) is 2.57. The topological polar surface area (TPSA) is 12.0 Å². The van der Waals surface area contributed by atoms with Crippen LogP contribution in [0.15, 0.2) is 0 Å². The third kappa shape index (κ3) is 4.95. The molecule has 1 N–H and O–H groups in total. The van der Waals surface area contributed by atoms with Crippen LogP contribution in [-0.2, 0) is 0 Å². The van der Waals surface area contributed by atoms with Crippen LogP contribution < -0.4 is 5.32 Å². The highest BCUT2D eigenvalue weighted by atomic mass is 14.8. The van der Waals surface area contributed by atoms with E-state index in [9.17, 15) is 0 Å². The SMILES string of the molecule is CC#CCNCC1CCCCCC1. The summed E-state index contributed by atoms with van der Waals surface area (Å²) in [6.45, 7) is 3.94. The maximum atomic E-state index is 3.41. The van der Waals surface area contributed by atoms with Crippen molar-refractivity contribution in [3.63, 3.8) is 0 Å². The Kier molecular flexibility index (Phi) is 5.69. The number of nitrogens with one attached hydrogen (secondary N) is 1. The molecule has 1 rings (SSSR count). The number of rotatable bonds is 3. The fraction of sp³-hybridized carbons (Fsp3) is 0.833. The van der Waals surface area contributed by atoms with Gasteiger partial charge in [-0.2, -0.15) is 0 Å². The van der Waals surface area contributed by atoms with Crippen molar-refractivity contribution in [3.05, 3.63) is 0 Å². The average molecular weight is 179 g/mol. The van der Waals surface area contributed by atoms with Gasteiger partial charge in [0.15, 0.2) is 0 Å². The van der Waals surface area contributed by atoms with E-state index in [1.54, 1.807) is 0 Å². The van der Waals surface area contributed by atoms with Crippen molar-refractivity contribution in [3.8, 4) is 11.8 Å². The summed E-state index contributed by atoms with van der Waals surface area (Å²) in [4.78, 5) is 0. The van der Waals surface area contributed by atoms with Gasteiger partial charge in [-0.1, -0.05) is 31.6 Å². The fourth-order valence-electron chi connectivity index (χ4n) is 2.00. The van der Waals surface area contributed by atoms with Crippen LogP contribution in [0.25, 0.3) is 0 Å². The Morgan fingerprint density at radius 2 is 1.85 bits per heavy atom. The summed E-state index contributed by atoms with van der Waals surface area (Å²) in [5, 5.41) is 3.41. The van der Waals surface area contributed by atoms with Crippen LogP contribution in [0.1, 0.15) is 45.4 Å². The fourth-order valence-corrected chi connectivity index (χ4v) is 2.00. The van der Waals surface area contributed by atoms with Crippen LogP contribution >= 0.6 is 0 Å². The lowest BCUT2D eigenvalue weighted by atomic mass is 10.0. The van der Waals surface area contributed by atoms with Crippen molar-refractivity contribution in [2.75, 3.05) is 13.1 Å². The van der Waals surface area contributed by atoms with Gasteiger partial charge in [-0.05, 0) is 32.2 Å². The Hall–Kier alpha value is -0.480. The Balaban J connectivity index is 2.07. The monoisotopic (exact) mass is 179 g/mol. The molecule has 0 saturated heterocycles. The molecule has 1 nitrogen and oxygen atoms in total.